The van der Waals surface area contributed by atoms with Crippen LogP contribution in [-0.4, -0.2) is 9.13 Å². The van der Waals surface area contributed by atoms with E-state index in [2.05, 4.69) is 351 Å². The summed E-state index contributed by atoms with van der Waals surface area (Å²) in [5, 5.41) is 10.0. The first-order valence-corrected chi connectivity index (χ1v) is 30.9. The molecule has 0 saturated heterocycles. The predicted molar refractivity (Wildman–Crippen MR) is 380 cm³/mol. The molecule has 1 aliphatic rings. The van der Waals surface area contributed by atoms with Gasteiger partial charge in [-0.05, 0) is 160 Å². The molecule has 0 spiro atoms. The van der Waals surface area contributed by atoms with Crippen LogP contribution in [0.15, 0.2) is 303 Å². The predicted octanol–water partition coefficient (Wildman–Crippen LogP) is 23.5. The van der Waals surface area contributed by atoms with E-state index in [-0.39, 0.29) is 5.41 Å². The van der Waals surface area contributed by atoms with Crippen LogP contribution >= 0.6 is 0 Å². The van der Waals surface area contributed by atoms with E-state index in [9.17, 15) is 0 Å². The maximum atomic E-state index is 2.42. The lowest BCUT2D eigenvalue weighted by Gasteiger charge is -2.22. The van der Waals surface area contributed by atoms with Crippen molar-refractivity contribution in [3.8, 4) is 67.0 Å². The summed E-state index contributed by atoms with van der Waals surface area (Å²) in [6.45, 7) is 4.76. The zero-order valence-electron chi connectivity index (χ0n) is 49.6. The molecule has 14 aromatic carbocycles. The van der Waals surface area contributed by atoms with Crippen LogP contribution in [0.5, 0.6) is 0 Å². The summed E-state index contributed by atoms with van der Waals surface area (Å²) < 4.78 is 4.85. The maximum absolute atomic E-state index is 2.42. The molecule has 0 fully saturated rings. The zero-order valence-corrected chi connectivity index (χ0v) is 49.6. The minimum atomic E-state index is -0.149. The first-order valence-electron chi connectivity index (χ1n) is 30.9. The van der Waals surface area contributed by atoms with E-state index in [0.29, 0.717) is 0 Å². The molecule has 0 bridgehead atoms. The molecule has 0 N–H and O–H groups in total. The summed E-state index contributed by atoms with van der Waals surface area (Å²) in [5.41, 5.74) is 26.9. The Kier molecular flexibility index (Phi) is 12.3. The SMILES string of the molecule is CC1(C)c2cc(-c3ccc(C=Cc4ccc(-c5ccc6c(c5)c5ccccc5n6-c5cccc6ccccc56)cc4)cc3)ccc2-c2ccc(-c3ccc(C=Cc4ccc(-c5ccc6c(c5)c5ccccc5n6-c5cccc6ccccc56)cc4)cc3)cc21. The molecule has 2 heteroatoms. The summed E-state index contributed by atoms with van der Waals surface area (Å²) in [6.07, 6.45) is 8.86. The molecule has 2 nitrogen and oxygen atoms in total. The molecular formula is C87H60N2. The highest BCUT2D eigenvalue weighted by molar-refractivity contribution is 6.13. The zero-order chi connectivity index (χ0) is 59.2. The van der Waals surface area contributed by atoms with Crippen molar-refractivity contribution < 1.29 is 0 Å². The highest BCUT2D eigenvalue weighted by Gasteiger charge is 2.36. The van der Waals surface area contributed by atoms with Gasteiger partial charge < -0.3 is 9.13 Å². The van der Waals surface area contributed by atoms with Crippen molar-refractivity contribution in [3.05, 3.63) is 337 Å². The van der Waals surface area contributed by atoms with Gasteiger partial charge in [-0.1, -0.05) is 281 Å². The average molecular weight is 1130 g/mol. The topological polar surface area (TPSA) is 9.86 Å². The Morgan fingerprint density at radius 1 is 0.236 bits per heavy atom. The van der Waals surface area contributed by atoms with E-state index in [0.717, 1.165) is 0 Å². The quantitative estimate of drug-likeness (QED) is 0.121. The minimum Gasteiger partial charge on any atom is -0.309 e. The van der Waals surface area contributed by atoms with Crippen molar-refractivity contribution in [2.45, 2.75) is 19.3 Å². The van der Waals surface area contributed by atoms with Gasteiger partial charge in [0.25, 0.3) is 0 Å². The molecule has 89 heavy (non-hydrogen) atoms. The minimum absolute atomic E-state index is 0.149. The normalized spacial score (nSPS) is 12.8. The first kappa shape index (κ1) is 52.0. The molecule has 0 saturated carbocycles. The van der Waals surface area contributed by atoms with Gasteiger partial charge in [0.1, 0.15) is 0 Å². The summed E-state index contributed by atoms with van der Waals surface area (Å²) in [4.78, 5) is 0. The van der Waals surface area contributed by atoms with Gasteiger partial charge >= 0.3 is 0 Å². The van der Waals surface area contributed by atoms with Crippen LogP contribution in [0.3, 0.4) is 0 Å². The fourth-order valence-electron chi connectivity index (χ4n) is 14.3. The van der Waals surface area contributed by atoms with Crippen LogP contribution in [0.25, 0.3) is 156 Å². The Morgan fingerprint density at radius 3 is 0.910 bits per heavy atom. The van der Waals surface area contributed by atoms with Crippen LogP contribution < -0.4 is 0 Å². The number of rotatable bonds is 10. The Balaban J connectivity index is 0.557. The number of hydrogen-bond acceptors (Lipinski definition) is 0. The molecule has 0 aliphatic heterocycles. The second-order valence-electron chi connectivity index (χ2n) is 24.5. The third-order valence-electron chi connectivity index (χ3n) is 18.9. The van der Waals surface area contributed by atoms with E-state index in [1.165, 1.54) is 166 Å². The van der Waals surface area contributed by atoms with Crippen molar-refractivity contribution in [2.75, 3.05) is 0 Å². The first-order chi connectivity index (χ1) is 43.8. The fraction of sp³-hybridized carbons (Fsp3) is 0.0345. The van der Waals surface area contributed by atoms with Gasteiger partial charge in [0.05, 0.1) is 33.4 Å². The van der Waals surface area contributed by atoms with E-state index in [1.54, 1.807) is 0 Å². The van der Waals surface area contributed by atoms with Crippen molar-refractivity contribution in [3.63, 3.8) is 0 Å². The van der Waals surface area contributed by atoms with Crippen LogP contribution in [-0.2, 0) is 5.41 Å². The van der Waals surface area contributed by atoms with Gasteiger partial charge in [0, 0.05) is 37.7 Å². The van der Waals surface area contributed by atoms with E-state index in [4.69, 9.17) is 0 Å². The van der Waals surface area contributed by atoms with Gasteiger partial charge in [-0.3, -0.25) is 0 Å². The van der Waals surface area contributed by atoms with Crippen molar-refractivity contribution in [1.82, 2.24) is 9.13 Å². The highest BCUT2D eigenvalue weighted by atomic mass is 15.0. The molecule has 17 rings (SSSR count). The van der Waals surface area contributed by atoms with Crippen molar-refractivity contribution in [2.24, 2.45) is 0 Å². The Bertz CT molecular complexity index is 5180. The highest BCUT2D eigenvalue weighted by Crippen LogP contribution is 2.51. The summed E-state index contributed by atoms with van der Waals surface area (Å²) in [6, 6.07) is 112. The van der Waals surface area contributed by atoms with Crippen LogP contribution in [0.1, 0.15) is 47.2 Å². The molecule has 2 aromatic heterocycles. The van der Waals surface area contributed by atoms with Gasteiger partial charge in [0.15, 0.2) is 0 Å². The molecule has 2 heterocycles. The van der Waals surface area contributed by atoms with Crippen LogP contribution in [0, 0.1) is 0 Å². The number of benzene rings is 14. The van der Waals surface area contributed by atoms with Gasteiger partial charge in [-0.15, -0.1) is 0 Å². The molecule has 0 amide bonds. The molecular weight excluding hydrogens is 1070 g/mol. The number of fused-ring (bicyclic) bond motifs is 11. The van der Waals surface area contributed by atoms with Crippen LogP contribution in [0.2, 0.25) is 0 Å². The maximum Gasteiger partial charge on any atom is 0.0541 e. The molecule has 0 radical (unpaired) electrons. The standard InChI is InChI=1S/C87H60N2/c1-87(2)79-55-69(63-41-33-59(34-42-63)27-25-57-29-37-61(38-30-57)67-47-51-85-77(53-67)75-19-7-9-21-83(75)88(85)81-23-11-15-65-13-3-5-17-71(65)81)45-49-73(79)74-50-46-70(56-80(74)87)64-43-35-60(36-44-64)28-26-58-31-39-62(40-32-58)68-48-52-86-78(54-68)76-20-8-10-22-84(76)89(86)82-24-12-16-66-14-4-6-18-72(66)82/h3-56H,1-2H3. The molecule has 1 aliphatic carbocycles. The smallest absolute Gasteiger partial charge is 0.0541 e. The molecule has 418 valence electrons. The van der Waals surface area contributed by atoms with Gasteiger partial charge in [-0.2, -0.15) is 0 Å². The van der Waals surface area contributed by atoms with E-state index < -0.39 is 0 Å². The third-order valence-corrected chi connectivity index (χ3v) is 18.9. The van der Waals surface area contributed by atoms with E-state index in [1.807, 2.05) is 0 Å². The lowest BCUT2D eigenvalue weighted by atomic mass is 9.81. The molecule has 0 atom stereocenters. The largest absolute Gasteiger partial charge is 0.309 e. The van der Waals surface area contributed by atoms with Gasteiger partial charge in [-0.25, -0.2) is 0 Å². The Labute approximate surface area is 518 Å². The summed E-state index contributed by atoms with van der Waals surface area (Å²) in [7, 11) is 0. The number of hydrogen-bond donors (Lipinski definition) is 0. The second kappa shape index (κ2) is 21.0. The lowest BCUT2D eigenvalue weighted by molar-refractivity contribution is 0.661. The number of nitrogens with zero attached hydrogens (tertiary/aromatic N) is 2. The lowest BCUT2D eigenvalue weighted by Crippen LogP contribution is -2.15. The fourth-order valence-corrected chi connectivity index (χ4v) is 14.3. The monoisotopic (exact) mass is 1130 g/mol. The Morgan fingerprint density at radius 2 is 0.528 bits per heavy atom. The second-order valence-corrected chi connectivity index (χ2v) is 24.5. The van der Waals surface area contributed by atoms with Crippen molar-refractivity contribution >= 4 is 89.5 Å². The van der Waals surface area contributed by atoms with Crippen molar-refractivity contribution in [1.29, 1.82) is 0 Å². The summed E-state index contributed by atoms with van der Waals surface area (Å²) in [5.74, 6) is 0. The molecule has 16 aromatic rings. The van der Waals surface area contributed by atoms with Gasteiger partial charge in [0.2, 0.25) is 0 Å². The number of para-hydroxylation sites is 2. The molecule has 0 unspecified atom stereocenters. The third kappa shape index (κ3) is 8.94. The summed E-state index contributed by atoms with van der Waals surface area (Å²) >= 11 is 0. The Hall–Kier alpha value is -11.3. The average Bonchev–Trinajstić information content (AvgIpc) is 1.71. The van der Waals surface area contributed by atoms with Crippen LogP contribution in [0.4, 0.5) is 0 Å². The number of aromatic nitrogens is 2. The van der Waals surface area contributed by atoms with E-state index >= 15 is 0 Å².